The first kappa shape index (κ1) is 21.0. The summed E-state index contributed by atoms with van der Waals surface area (Å²) in [5, 5.41) is 6.36. The van der Waals surface area contributed by atoms with Gasteiger partial charge in [0.1, 0.15) is 5.82 Å². The van der Waals surface area contributed by atoms with Crippen LogP contribution in [0.15, 0.2) is 30.5 Å². The van der Waals surface area contributed by atoms with Crippen LogP contribution in [0.2, 0.25) is 0 Å². The highest BCUT2D eigenvalue weighted by atomic mass is 16.5. The number of piperidine rings is 1. The van der Waals surface area contributed by atoms with Crippen molar-refractivity contribution >= 4 is 29.0 Å². The molecule has 1 atom stereocenters. The summed E-state index contributed by atoms with van der Waals surface area (Å²) >= 11 is 0. The van der Waals surface area contributed by atoms with Gasteiger partial charge in [0.15, 0.2) is 0 Å². The molecule has 3 aliphatic heterocycles. The Kier molecular flexibility index (Phi) is 5.63. The van der Waals surface area contributed by atoms with Gasteiger partial charge in [-0.3, -0.25) is 4.79 Å². The summed E-state index contributed by atoms with van der Waals surface area (Å²) < 4.78 is 5.64. The Morgan fingerprint density at radius 2 is 1.91 bits per heavy atom. The molecular weight excluding hydrogens is 404 g/mol. The Labute approximate surface area is 189 Å². The van der Waals surface area contributed by atoms with Crippen LogP contribution in [0.3, 0.4) is 0 Å². The van der Waals surface area contributed by atoms with Gasteiger partial charge in [-0.2, -0.15) is 4.98 Å². The molecule has 1 amide bonds. The van der Waals surface area contributed by atoms with E-state index in [2.05, 4.69) is 56.6 Å². The molecule has 0 radical (unpaired) electrons. The minimum atomic E-state index is -0.168. The molecular formula is C24H32N6O2. The van der Waals surface area contributed by atoms with E-state index >= 15 is 0 Å². The van der Waals surface area contributed by atoms with Crippen LogP contribution in [0.4, 0.5) is 23.1 Å². The van der Waals surface area contributed by atoms with Crippen LogP contribution in [-0.4, -0.2) is 61.3 Å². The lowest BCUT2D eigenvalue weighted by Crippen LogP contribution is -2.44. The van der Waals surface area contributed by atoms with Crippen LogP contribution in [0.25, 0.3) is 0 Å². The molecule has 2 aromatic rings. The summed E-state index contributed by atoms with van der Waals surface area (Å²) in [6, 6.07) is 8.40. The Hall–Kier alpha value is -2.87. The first-order valence-electron chi connectivity index (χ1n) is 11.6. The zero-order chi connectivity index (χ0) is 22.1. The number of carbonyl (C=O) groups is 1. The van der Waals surface area contributed by atoms with Crippen LogP contribution in [0.5, 0.6) is 0 Å². The monoisotopic (exact) mass is 436 g/mol. The van der Waals surface area contributed by atoms with Gasteiger partial charge in [-0.1, -0.05) is 0 Å². The van der Waals surface area contributed by atoms with E-state index in [4.69, 9.17) is 9.72 Å². The van der Waals surface area contributed by atoms with E-state index in [0.29, 0.717) is 5.95 Å². The molecule has 0 aliphatic carbocycles. The molecule has 170 valence electrons. The first-order valence-corrected chi connectivity index (χ1v) is 11.6. The second-order valence-electron chi connectivity index (χ2n) is 9.27. The van der Waals surface area contributed by atoms with Gasteiger partial charge < -0.3 is 25.2 Å². The third-order valence-corrected chi connectivity index (χ3v) is 7.07. The van der Waals surface area contributed by atoms with Crippen LogP contribution < -0.4 is 20.4 Å². The van der Waals surface area contributed by atoms with E-state index in [1.165, 1.54) is 5.69 Å². The van der Waals surface area contributed by atoms with Crippen molar-refractivity contribution < 1.29 is 9.53 Å². The highest BCUT2D eigenvalue weighted by molar-refractivity contribution is 5.85. The maximum atomic E-state index is 12.3. The van der Waals surface area contributed by atoms with Crippen molar-refractivity contribution in [1.82, 2.24) is 15.3 Å². The predicted molar refractivity (Wildman–Crippen MR) is 126 cm³/mol. The molecule has 3 fully saturated rings. The maximum absolute atomic E-state index is 12.3. The Morgan fingerprint density at radius 1 is 1.12 bits per heavy atom. The van der Waals surface area contributed by atoms with Gasteiger partial charge in [0.05, 0.1) is 18.1 Å². The average molecular weight is 437 g/mol. The number of carbonyl (C=O) groups excluding carboxylic acids is 1. The van der Waals surface area contributed by atoms with Crippen molar-refractivity contribution in [1.29, 1.82) is 0 Å². The molecule has 3 aliphatic rings. The first-order chi connectivity index (χ1) is 15.5. The van der Waals surface area contributed by atoms with Gasteiger partial charge >= 0.3 is 0 Å². The predicted octanol–water partition coefficient (Wildman–Crippen LogP) is 2.86. The topological polar surface area (TPSA) is 82.6 Å². The molecule has 1 aromatic heterocycles. The molecule has 0 saturated carbocycles. The molecule has 8 nitrogen and oxygen atoms in total. The fourth-order valence-corrected chi connectivity index (χ4v) is 5.09. The number of hydrogen-bond acceptors (Lipinski definition) is 7. The number of morpholine rings is 1. The zero-order valence-corrected chi connectivity index (χ0v) is 18.9. The van der Waals surface area contributed by atoms with E-state index in [1.54, 1.807) is 0 Å². The quantitative estimate of drug-likeness (QED) is 0.763. The molecule has 5 rings (SSSR count). The fourth-order valence-electron chi connectivity index (χ4n) is 5.09. The van der Waals surface area contributed by atoms with Gasteiger partial charge in [0.25, 0.3) is 0 Å². The van der Waals surface area contributed by atoms with Crippen molar-refractivity contribution in [2.24, 2.45) is 5.41 Å². The number of nitrogens with one attached hydrogen (secondary N) is 2. The van der Waals surface area contributed by atoms with Crippen molar-refractivity contribution in [2.45, 2.75) is 39.2 Å². The van der Waals surface area contributed by atoms with E-state index in [1.807, 2.05) is 13.1 Å². The molecule has 2 N–H and O–H groups in total. The lowest BCUT2D eigenvalue weighted by Gasteiger charge is -2.38. The summed E-state index contributed by atoms with van der Waals surface area (Å²) in [5.41, 5.74) is 3.05. The van der Waals surface area contributed by atoms with E-state index in [-0.39, 0.29) is 17.4 Å². The largest absolute Gasteiger partial charge is 0.375 e. The molecule has 1 unspecified atom stereocenters. The second kappa shape index (κ2) is 8.58. The number of hydrogen-bond donors (Lipinski definition) is 2. The van der Waals surface area contributed by atoms with Crippen LogP contribution in [0, 0.1) is 12.3 Å². The normalized spacial score (nSPS) is 22.8. The molecule has 4 heterocycles. The van der Waals surface area contributed by atoms with Gasteiger partial charge in [-0.25, -0.2) is 4.98 Å². The van der Waals surface area contributed by atoms with Crippen LogP contribution >= 0.6 is 0 Å². The summed E-state index contributed by atoms with van der Waals surface area (Å²) in [6.07, 6.45) is 4.85. The molecule has 32 heavy (non-hydrogen) atoms. The second-order valence-corrected chi connectivity index (χ2v) is 9.27. The standard InChI is InChI=1S/C24H32N6O2/c1-17-15-26-23(27-19-3-5-20(6-4-19)30-13-14-32-18(2)16-30)28-21(17)29-11-8-24(9-12-29)7-10-25-22(24)31/h3-6,15,18H,7-14,16H2,1-2H3,(H,25,31)(H,26,27,28). The SMILES string of the molecule is Cc1cnc(Nc2ccc(N3CCOC(C)C3)cc2)nc1N1CCC2(CCNC2=O)CC1. The number of nitrogens with zero attached hydrogens (tertiary/aromatic N) is 4. The zero-order valence-electron chi connectivity index (χ0n) is 18.9. The van der Waals surface area contributed by atoms with Crippen molar-refractivity contribution in [3.8, 4) is 0 Å². The number of aromatic nitrogens is 2. The lowest BCUT2D eigenvalue weighted by molar-refractivity contribution is -0.128. The van der Waals surface area contributed by atoms with Gasteiger partial charge in [-0.15, -0.1) is 0 Å². The number of ether oxygens (including phenoxy) is 1. The average Bonchev–Trinajstić information content (AvgIpc) is 3.16. The van der Waals surface area contributed by atoms with E-state index in [9.17, 15) is 4.79 Å². The minimum absolute atomic E-state index is 0.168. The number of aryl methyl sites for hydroxylation is 1. The van der Waals surface area contributed by atoms with Crippen molar-refractivity contribution in [2.75, 3.05) is 54.4 Å². The minimum Gasteiger partial charge on any atom is -0.375 e. The number of anilines is 4. The molecule has 1 spiro atoms. The number of benzene rings is 1. The molecule has 1 aromatic carbocycles. The Morgan fingerprint density at radius 3 is 2.59 bits per heavy atom. The highest BCUT2D eigenvalue weighted by Gasteiger charge is 2.44. The lowest BCUT2D eigenvalue weighted by atomic mass is 9.77. The highest BCUT2D eigenvalue weighted by Crippen LogP contribution is 2.39. The number of rotatable bonds is 4. The van der Waals surface area contributed by atoms with Gasteiger partial charge in [-0.05, 0) is 57.4 Å². The van der Waals surface area contributed by atoms with Crippen LogP contribution in [0.1, 0.15) is 31.7 Å². The molecule has 0 bridgehead atoms. The summed E-state index contributed by atoms with van der Waals surface area (Å²) in [4.78, 5) is 26.2. The third-order valence-electron chi connectivity index (χ3n) is 7.07. The Bertz CT molecular complexity index is 971. The maximum Gasteiger partial charge on any atom is 0.229 e. The summed E-state index contributed by atoms with van der Waals surface area (Å²) in [5.74, 6) is 1.78. The summed E-state index contributed by atoms with van der Waals surface area (Å²) in [7, 11) is 0. The van der Waals surface area contributed by atoms with Gasteiger partial charge in [0, 0.05) is 55.9 Å². The molecule has 8 heteroatoms. The van der Waals surface area contributed by atoms with Crippen molar-refractivity contribution in [3.63, 3.8) is 0 Å². The summed E-state index contributed by atoms with van der Waals surface area (Å²) in [6.45, 7) is 9.25. The van der Waals surface area contributed by atoms with Gasteiger partial charge in [0.2, 0.25) is 11.9 Å². The fraction of sp³-hybridized carbons (Fsp3) is 0.542. The smallest absolute Gasteiger partial charge is 0.229 e. The van der Waals surface area contributed by atoms with E-state index < -0.39 is 0 Å². The third kappa shape index (κ3) is 4.11. The van der Waals surface area contributed by atoms with Crippen molar-refractivity contribution in [3.05, 3.63) is 36.0 Å². The Balaban J connectivity index is 1.26. The van der Waals surface area contributed by atoms with E-state index in [0.717, 1.165) is 75.7 Å². The van der Waals surface area contributed by atoms with Crippen LogP contribution in [-0.2, 0) is 9.53 Å². The molecule has 3 saturated heterocycles. The number of amides is 1.